The van der Waals surface area contributed by atoms with Gasteiger partial charge in [-0.3, -0.25) is 5.43 Å². The van der Waals surface area contributed by atoms with E-state index in [4.69, 9.17) is 9.90 Å². The number of carbonyl (C=O) groups is 1. The van der Waals surface area contributed by atoms with Crippen LogP contribution in [0.4, 0.5) is 4.79 Å². The van der Waals surface area contributed by atoms with Crippen molar-refractivity contribution in [2.75, 3.05) is 0 Å². The van der Waals surface area contributed by atoms with E-state index in [0.717, 1.165) is 11.5 Å². The average Bonchev–Trinajstić information content (AvgIpc) is 2.54. The van der Waals surface area contributed by atoms with Gasteiger partial charge in [0.25, 0.3) is 0 Å². The third-order valence-electron chi connectivity index (χ3n) is 2.34. The molecule has 0 radical (unpaired) electrons. The fraction of sp³-hybridized carbons (Fsp3) is 0.133. The van der Waals surface area contributed by atoms with E-state index in [1.807, 2.05) is 21.6 Å². The number of hydrazine groups is 1. The van der Waals surface area contributed by atoms with Crippen molar-refractivity contribution in [2.45, 2.75) is 11.5 Å². The third-order valence-corrected chi connectivity index (χ3v) is 4.62. The van der Waals surface area contributed by atoms with E-state index in [1.54, 1.807) is 0 Å². The molecule has 0 spiro atoms. The van der Waals surface area contributed by atoms with Gasteiger partial charge in [-0.15, -0.1) is 0 Å². The van der Waals surface area contributed by atoms with Gasteiger partial charge >= 0.3 is 6.09 Å². The molecule has 0 fully saturated rings. The average molecular weight is 388 g/mol. The smallest absolute Gasteiger partial charge is 0.418 e. The van der Waals surface area contributed by atoms with Gasteiger partial charge in [-0.05, 0) is 11.1 Å². The van der Waals surface area contributed by atoms with Gasteiger partial charge < -0.3 is 5.11 Å². The Bertz CT molecular complexity index is 474. The summed E-state index contributed by atoms with van der Waals surface area (Å²) < 4.78 is 0. The second kappa shape index (κ2) is 13.6. The Hall–Kier alpha value is -1.01. The predicted octanol–water partition coefficient (Wildman–Crippen LogP) is 3.89. The number of nitrogens with two attached hydrogens (primary N) is 1. The summed E-state index contributed by atoms with van der Waals surface area (Å²) in [5.74, 6) is 6.49. The Labute approximate surface area is 151 Å². The van der Waals surface area contributed by atoms with Crippen molar-refractivity contribution in [1.82, 2.24) is 5.43 Å². The van der Waals surface area contributed by atoms with E-state index < -0.39 is 6.09 Å². The molecule has 2 aromatic carbocycles. The summed E-state index contributed by atoms with van der Waals surface area (Å²) in [6, 6.07) is 21.2. The minimum atomic E-state index is -1.22. The number of hydrogen-bond donors (Lipinski definition) is 3. The molecule has 22 heavy (non-hydrogen) atoms. The van der Waals surface area contributed by atoms with Gasteiger partial charge in [0.05, 0.1) is 0 Å². The van der Waals surface area contributed by atoms with Gasteiger partial charge in [-0.1, -0.05) is 82.3 Å². The molecule has 0 heterocycles. The largest absolute Gasteiger partial charge is 0.464 e. The molecule has 0 aliphatic heterocycles. The van der Waals surface area contributed by atoms with E-state index in [0.29, 0.717) is 0 Å². The summed E-state index contributed by atoms with van der Waals surface area (Å²) in [6.07, 6.45) is -1.22. The molecule has 0 aromatic heterocycles. The topological polar surface area (TPSA) is 75.3 Å². The second-order valence-corrected chi connectivity index (χ2v) is 6.41. The van der Waals surface area contributed by atoms with Gasteiger partial charge in [0.2, 0.25) is 0 Å². The van der Waals surface area contributed by atoms with Crippen LogP contribution < -0.4 is 11.3 Å². The van der Waals surface area contributed by atoms with Gasteiger partial charge in [-0.25, -0.2) is 10.6 Å². The maximum Gasteiger partial charge on any atom is 0.418 e. The maximum absolute atomic E-state index is 9.13. The summed E-state index contributed by atoms with van der Waals surface area (Å²) in [7, 11) is 3.84. The second-order valence-electron chi connectivity index (χ2n) is 3.95. The molecule has 1 amide bonds. The van der Waals surface area contributed by atoms with Crippen molar-refractivity contribution >= 4 is 27.7 Å². The standard InChI is InChI=1S/C14H14S2.CH4N2O2.Zn/c1-3-7-13(8-4-1)11-15-16-12-14-9-5-2-6-10-14;2-3-1(4)5;/h1-10H,11-12H2;3H,2H2,(H,4,5);. The summed E-state index contributed by atoms with van der Waals surface area (Å²) in [6.45, 7) is 0. The van der Waals surface area contributed by atoms with Crippen LogP contribution in [0.1, 0.15) is 11.1 Å². The van der Waals surface area contributed by atoms with Gasteiger partial charge in [0, 0.05) is 31.0 Å². The van der Waals surface area contributed by atoms with Crippen LogP contribution in [-0.2, 0) is 31.0 Å². The minimum absolute atomic E-state index is 0. The molecule has 0 atom stereocenters. The molecular formula is C15H18N2O2S2Zn. The zero-order valence-electron chi connectivity index (χ0n) is 12.1. The van der Waals surface area contributed by atoms with Crippen LogP contribution in [-0.4, -0.2) is 11.2 Å². The third kappa shape index (κ3) is 10.7. The predicted molar refractivity (Wildman–Crippen MR) is 90.8 cm³/mol. The Morgan fingerprint density at radius 2 is 1.23 bits per heavy atom. The molecule has 7 heteroatoms. The van der Waals surface area contributed by atoms with Gasteiger partial charge in [0.1, 0.15) is 0 Å². The number of hydrogen-bond acceptors (Lipinski definition) is 4. The van der Waals surface area contributed by atoms with Crippen molar-refractivity contribution in [2.24, 2.45) is 5.84 Å². The monoisotopic (exact) mass is 386 g/mol. The van der Waals surface area contributed by atoms with Gasteiger partial charge in [0.15, 0.2) is 0 Å². The first kappa shape index (κ1) is 21.0. The maximum atomic E-state index is 9.13. The van der Waals surface area contributed by atoms with Crippen molar-refractivity contribution in [3.8, 4) is 0 Å². The Balaban J connectivity index is 0.000000644. The molecule has 0 unspecified atom stereocenters. The number of rotatable bonds is 5. The summed E-state index contributed by atoms with van der Waals surface area (Å²) in [5, 5.41) is 7.49. The van der Waals surface area contributed by atoms with Gasteiger partial charge in [-0.2, -0.15) is 0 Å². The number of nitrogens with one attached hydrogen (secondary N) is 1. The summed E-state index contributed by atoms with van der Waals surface area (Å²) in [5.41, 5.74) is 4.24. The van der Waals surface area contributed by atoms with E-state index in [2.05, 4.69) is 66.5 Å². The van der Waals surface area contributed by atoms with Crippen LogP contribution in [0.15, 0.2) is 60.7 Å². The zero-order chi connectivity index (χ0) is 15.3. The van der Waals surface area contributed by atoms with Crippen molar-refractivity contribution in [3.05, 3.63) is 71.8 Å². The molecule has 2 rings (SSSR count). The molecule has 4 nitrogen and oxygen atoms in total. The zero-order valence-corrected chi connectivity index (χ0v) is 16.7. The number of benzene rings is 2. The number of carboxylic acid groups (broad SMARTS) is 1. The Morgan fingerprint density at radius 1 is 0.909 bits per heavy atom. The Morgan fingerprint density at radius 3 is 1.50 bits per heavy atom. The molecule has 4 N–H and O–H groups in total. The summed E-state index contributed by atoms with van der Waals surface area (Å²) >= 11 is 0. The van der Waals surface area contributed by atoms with Crippen LogP contribution in [0, 0.1) is 0 Å². The van der Waals surface area contributed by atoms with Crippen molar-refractivity contribution in [1.29, 1.82) is 0 Å². The first-order valence-electron chi connectivity index (χ1n) is 6.24. The first-order valence-corrected chi connectivity index (χ1v) is 8.73. The molecule has 0 saturated heterocycles. The molecule has 0 bridgehead atoms. The fourth-order valence-electron chi connectivity index (χ4n) is 1.37. The molecule has 0 aliphatic carbocycles. The van der Waals surface area contributed by atoms with Crippen LogP contribution in [0.3, 0.4) is 0 Å². The minimum Gasteiger partial charge on any atom is -0.464 e. The first-order chi connectivity index (χ1) is 10.2. The Kier molecular flexibility index (Phi) is 13.0. The molecule has 0 saturated carbocycles. The van der Waals surface area contributed by atoms with Crippen molar-refractivity contribution in [3.63, 3.8) is 0 Å². The van der Waals surface area contributed by atoms with E-state index >= 15 is 0 Å². The van der Waals surface area contributed by atoms with Crippen LogP contribution in [0.2, 0.25) is 0 Å². The molecular weight excluding hydrogens is 370 g/mol. The van der Waals surface area contributed by atoms with E-state index in [1.165, 1.54) is 16.6 Å². The molecule has 114 valence electrons. The SMILES string of the molecule is NNC(=O)O.[Zn].c1ccc(CSSCc2ccccc2)cc1. The normalized spacial score (nSPS) is 8.95. The number of amides is 1. The van der Waals surface area contributed by atoms with Crippen LogP contribution in [0.5, 0.6) is 0 Å². The van der Waals surface area contributed by atoms with Crippen molar-refractivity contribution < 1.29 is 29.4 Å². The quantitative estimate of drug-likeness (QED) is 0.181. The van der Waals surface area contributed by atoms with Crippen LogP contribution in [0.25, 0.3) is 0 Å². The fourth-order valence-corrected chi connectivity index (χ4v) is 3.51. The molecule has 0 aliphatic rings. The summed E-state index contributed by atoms with van der Waals surface area (Å²) in [4.78, 5) is 9.13. The van der Waals surface area contributed by atoms with Crippen LogP contribution >= 0.6 is 21.6 Å². The van der Waals surface area contributed by atoms with E-state index in [-0.39, 0.29) is 19.5 Å². The van der Waals surface area contributed by atoms with E-state index in [9.17, 15) is 0 Å². The molecule has 2 aromatic rings.